The Labute approximate surface area is 150 Å². The van der Waals surface area contributed by atoms with E-state index in [2.05, 4.69) is 9.82 Å². The number of alkyl halides is 3. The number of nitrogens with zero attached hydrogens (tertiary/aromatic N) is 2. The molecule has 0 atom stereocenters. The molecule has 1 saturated carbocycles. The molecule has 9 heteroatoms. The van der Waals surface area contributed by atoms with Crippen LogP contribution >= 0.6 is 0 Å². The minimum atomic E-state index is -4.51. The highest BCUT2D eigenvalue weighted by Crippen LogP contribution is 2.42. The third-order valence-electron chi connectivity index (χ3n) is 4.50. The van der Waals surface area contributed by atoms with Crippen molar-refractivity contribution < 1.29 is 21.6 Å². The van der Waals surface area contributed by atoms with E-state index >= 15 is 0 Å². The molecule has 1 fully saturated rings. The summed E-state index contributed by atoms with van der Waals surface area (Å²) >= 11 is 0. The fourth-order valence-electron chi connectivity index (χ4n) is 2.71. The number of hydrogen-bond donors (Lipinski definition) is 1. The molecule has 0 aliphatic heterocycles. The molecule has 142 valence electrons. The SMILES string of the molecule is Cc1ccc(S(=O)(=O)NCCn2nc(C(F)(F)F)cc2C2CC2)cc1C. The van der Waals surface area contributed by atoms with Gasteiger partial charge in [-0.2, -0.15) is 18.3 Å². The fraction of sp³-hybridized carbons (Fsp3) is 0.471. The molecule has 1 aliphatic rings. The summed E-state index contributed by atoms with van der Waals surface area (Å²) in [6.07, 6.45) is -2.84. The van der Waals surface area contributed by atoms with Gasteiger partial charge in [0.05, 0.1) is 11.4 Å². The maximum atomic E-state index is 12.9. The van der Waals surface area contributed by atoms with E-state index in [1.54, 1.807) is 12.1 Å². The Morgan fingerprint density at radius 1 is 1.19 bits per heavy atom. The van der Waals surface area contributed by atoms with Crippen molar-refractivity contribution in [2.24, 2.45) is 0 Å². The van der Waals surface area contributed by atoms with Crippen LogP contribution in [-0.4, -0.2) is 24.7 Å². The molecule has 0 amide bonds. The molecule has 2 aromatic rings. The lowest BCUT2D eigenvalue weighted by Crippen LogP contribution is -2.28. The third kappa shape index (κ3) is 4.09. The van der Waals surface area contributed by atoms with Crippen molar-refractivity contribution in [2.45, 2.75) is 50.2 Å². The Morgan fingerprint density at radius 2 is 1.88 bits per heavy atom. The lowest BCUT2D eigenvalue weighted by molar-refractivity contribution is -0.141. The van der Waals surface area contributed by atoms with E-state index in [0.717, 1.165) is 30.0 Å². The van der Waals surface area contributed by atoms with Gasteiger partial charge in [0.15, 0.2) is 5.69 Å². The van der Waals surface area contributed by atoms with Crippen molar-refractivity contribution >= 4 is 10.0 Å². The van der Waals surface area contributed by atoms with Gasteiger partial charge in [-0.1, -0.05) is 6.07 Å². The number of aryl methyl sites for hydroxylation is 2. The van der Waals surface area contributed by atoms with Crippen LogP contribution in [0.3, 0.4) is 0 Å². The van der Waals surface area contributed by atoms with Crippen molar-refractivity contribution in [2.75, 3.05) is 6.54 Å². The summed E-state index contributed by atoms with van der Waals surface area (Å²) in [7, 11) is -3.72. The van der Waals surface area contributed by atoms with Crippen molar-refractivity contribution in [3.8, 4) is 0 Å². The van der Waals surface area contributed by atoms with Crippen LogP contribution in [0.4, 0.5) is 13.2 Å². The lowest BCUT2D eigenvalue weighted by atomic mass is 10.1. The monoisotopic (exact) mass is 387 g/mol. The standard InChI is InChI=1S/C17H20F3N3O2S/c1-11-3-6-14(9-12(11)2)26(24,25)21-7-8-23-15(13-4-5-13)10-16(22-23)17(18,19)20/h3,6,9-10,13,21H,4-5,7-8H2,1-2H3. The molecular formula is C17H20F3N3O2S. The van der Waals surface area contributed by atoms with Crippen molar-refractivity contribution in [3.63, 3.8) is 0 Å². The number of benzene rings is 1. The Morgan fingerprint density at radius 3 is 2.46 bits per heavy atom. The molecule has 0 bridgehead atoms. The highest BCUT2D eigenvalue weighted by atomic mass is 32.2. The van der Waals surface area contributed by atoms with Crippen LogP contribution in [0.15, 0.2) is 29.2 Å². The molecule has 1 N–H and O–H groups in total. The molecular weight excluding hydrogens is 367 g/mol. The summed E-state index contributed by atoms with van der Waals surface area (Å²) in [5, 5.41) is 3.62. The molecule has 5 nitrogen and oxygen atoms in total. The summed E-state index contributed by atoms with van der Waals surface area (Å²) in [6.45, 7) is 3.72. The van der Waals surface area contributed by atoms with Crippen LogP contribution in [0.1, 0.15) is 41.3 Å². The van der Waals surface area contributed by atoms with E-state index in [9.17, 15) is 21.6 Å². The van der Waals surface area contributed by atoms with Gasteiger partial charge in [0.25, 0.3) is 0 Å². The van der Waals surface area contributed by atoms with Crippen LogP contribution in [0.2, 0.25) is 0 Å². The zero-order chi connectivity index (χ0) is 19.1. The van der Waals surface area contributed by atoms with Crippen molar-refractivity contribution in [3.05, 3.63) is 46.8 Å². The average Bonchev–Trinajstić information content (AvgIpc) is 3.29. The van der Waals surface area contributed by atoms with E-state index < -0.39 is 21.9 Å². The van der Waals surface area contributed by atoms with Crippen LogP contribution in [0, 0.1) is 13.8 Å². The summed E-state index contributed by atoms with van der Waals surface area (Å²) in [6, 6.07) is 5.87. The second kappa shape index (κ2) is 6.70. The van der Waals surface area contributed by atoms with Gasteiger partial charge in [0.1, 0.15) is 0 Å². The molecule has 0 unspecified atom stereocenters. The van der Waals surface area contributed by atoms with Crippen molar-refractivity contribution in [1.82, 2.24) is 14.5 Å². The molecule has 3 rings (SSSR count). The second-order valence-electron chi connectivity index (χ2n) is 6.59. The van der Waals surface area contributed by atoms with Gasteiger partial charge in [-0.3, -0.25) is 4.68 Å². The zero-order valence-corrected chi connectivity index (χ0v) is 15.3. The van der Waals surface area contributed by atoms with Gasteiger partial charge in [-0.15, -0.1) is 0 Å². The van der Waals surface area contributed by atoms with Crippen LogP contribution in [0.25, 0.3) is 0 Å². The van der Waals surface area contributed by atoms with Gasteiger partial charge in [-0.05, 0) is 56.0 Å². The van der Waals surface area contributed by atoms with E-state index in [0.29, 0.717) is 5.69 Å². The average molecular weight is 387 g/mol. The van der Waals surface area contributed by atoms with E-state index in [1.807, 2.05) is 13.8 Å². The molecule has 1 aromatic carbocycles. The molecule has 1 aromatic heterocycles. The van der Waals surface area contributed by atoms with Gasteiger partial charge in [0.2, 0.25) is 10.0 Å². The predicted octanol–water partition coefficient (Wildman–Crippen LogP) is 3.37. The quantitative estimate of drug-likeness (QED) is 0.827. The topological polar surface area (TPSA) is 64.0 Å². The van der Waals surface area contributed by atoms with Gasteiger partial charge >= 0.3 is 6.18 Å². The first kappa shape index (κ1) is 18.9. The largest absolute Gasteiger partial charge is 0.435 e. The molecule has 0 spiro atoms. The smallest absolute Gasteiger partial charge is 0.267 e. The summed E-state index contributed by atoms with van der Waals surface area (Å²) < 4.78 is 67.1. The highest BCUT2D eigenvalue weighted by molar-refractivity contribution is 7.89. The molecule has 1 heterocycles. The Hall–Kier alpha value is -1.87. The third-order valence-corrected chi connectivity index (χ3v) is 5.96. The number of aromatic nitrogens is 2. The van der Waals surface area contributed by atoms with Crippen LogP contribution in [0.5, 0.6) is 0 Å². The first-order valence-corrected chi connectivity index (χ1v) is 9.78. The Balaban J connectivity index is 1.71. The molecule has 0 saturated heterocycles. The highest BCUT2D eigenvalue weighted by Gasteiger charge is 2.37. The van der Waals surface area contributed by atoms with E-state index in [-0.39, 0.29) is 23.9 Å². The number of nitrogens with one attached hydrogen (secondary N) is 1. The minimum Gasteiger partial charge on any atom is -0.267 e. The first-order valence-electron chi connectivity index (χ1n) is 8.30. The lowest BCUT2D eigenvalue weighted by Gasteiger charge is -2.10. The van der Waals surface area contributed by atoms with Crippen molar-refractivity contribution in [1.29, 1.82) is 0 Å². The van der Waals surface area contributed by atoms with Gasteiger partial charge in [0, 0.05) is 18.2 Å². The maximum Gasteiger partial charge on any atom is 0.435 e. The summed E-state index contributed by atoms with van der Waals surface area (Å²) in [4.78, 5) is 0.138. The molecule has 26 heavy (non-hydrogen) atoms. The summed E-state index contributed by atoms with van der Waals surface area (Å²) in [5.41, 5.74) is 1.42. The van der Waals surface area contributed by atoms with Crippen LogP contribution < -0.4 is 4.72 Å². The molecule has 0 radical (unpaired) electrons. The van der Waals surface area contributed by atoms with Crippen LogP contribution in [-0.2, 0) is 22.7 Å². The second-order valence-corrected chi connectivity index (χ2v) is 8.36. The number of halogens is 3. The zero-order valence-electron chi connectivity index (χ0n) is 14.5. The van der Waals surface area contributed by atoms with Gasteiger partial charge in [-0.25, -0.2) is 13.1 Å². The fourth-order valence-corrected chi connectivity index (χ4v) is 3.81. The molecule has 1 aliphatic carbocycles. The maximum absolute atomic E-state index is 12.9. The Kier molecular flexibility index (Phi) is 4.87. The first-order chi connectivity index (χ1) is 12.1. The van der Waals surface area contributed by atoms with Gasteiger partial charge < -0.3 is 0 Å². The number of sulfonamides is 1. The minimum absolute atomic E-state index is 0.0338. The van der Waals surface area contributed by atoms with E-state index in [1.165, 1.54) is 10.7 Å². The number of hydrogen-bond acceptors (Lipinski definition) is 3. The number of rotatable bonds is 6. The Bertz CT molecular complexity index is 916. The van der Waals surface area contributed by atoms with E-state index in [4.69, 9.17) is 0 Å². The normalized spacial score (nSPS) is 15.4. The summed E-state index contributed by atoms with van der Waals surface area (Å²) in [5.74, 6) is 0.0787. The predicted molar refractivity (Wildman–Crippen MR) is 90.3 cm³/mol.